The van der Waals surface area contributed by atoms with Crippen LogP contribution in [0.2, 0.25) is 0 Å². The highest BCUT2D eigenvalue weighted by molar-refractivity contribution is 5.87. The third-order valence-electron chi connectivity index (χ3n) is 2.91. The number of hydrogen-bond acceptors (Lipinski definition) is 2. The van der Waals surface area contributed by atoms with E-state index in [1.807, 2.05) is 49.4 Å². The van der Waals surface area contributed by atoms with Gasteiger partial charge in [0, 0.05) is 11.6 Å². The molecule has 0 unspecified atom stereocenters. The summed E-state index contributed by atoms with van der Waals surface area (Å²) in [6.07, 6.45) is 8.80. The minimum Gasteiger partial charge on any atom is -0.478 e. The molecule has 0 saturated carbocycles. The van der Waals surface area contributed by atoms with Crippen LogP contribution in [0.3, 0.4) is 0 Å². The number of nitriles is 1. The van der Waals surface area contributed by atoms with Gasteiger partial charge in [-0.2, -0.15) is 5.26 Å². The second kappa shape index (κ2) is 9.33. The van der Waals surface area contributed by atoms with Gasteiger partial charge in [0.1, 0.15) is 0 Å². The molecule has 1 aromatic rings. The Balaban J connectivity index is 2.96. The molecule has 0 heterocycles. The summed E-state index contributed by atoms with van der Waals surface area (Å²) < 4.78 is 0. The molecule has 108 valence electrons. The van der Waals surface area contributed by atoms with Gasteiger partial charge in [0.2, 0.25) is 0 Å². The molecule has 0 aliphatic carbocycles. The molecule has 0 radical (unpaired) electrons. The van der Waals surface area contributed by atoms with Crippen molar-refractivity contribution in [2.75, 3.05) is 0 Å². The maximum absolute atomic E-state index is 11.2. The van der Waals surface area contributed by atoms with E-state index in [0.717, 1.165) is 18.4 Å². The SMILES string of the molecule is CCCCC(=CC(C=Cc1ccccc1)=CC#N)C(=O)O. The van der Waals surface area contributed by atoms with Gasteiger partial charge in [0.25, 0.3) is 0 Å². The van der Waals surface area contributed by atoms with Gasteiger partial charge in [-0.05, 0) is 30.1 Å². The molecule has 0 spiro atoms. The number of nitrogens with zero attached hydrogens (tertiary/aromatic N) is 1. The van der Waals surface area contributed by atoms with Gasteiger partial charge in [-0.15, -0.1) is 0 Å². The average molecular weight is 281 g/mol. The molecule has 0 amide bonds. The molecule has 21 heavy (non-hydrogen) atoms. The number of carboxylic acid groups (broad SMARTS) is 1. The highest BCUT2D eigenvalue weighted by atomic mass is 16.4. The predicted molar refractivity (Wildman–Crippen MR) is 84.4 cm³/mol. The van der Waals surface area contributed by atoms with Crippen molar-refractivity contribution in [1.29, 1.82) is 5.26 Å². The van der Waals surface area contributed by atoms with Crippen LogP contribution in [0.4, 0.5) is 0 Å². The quantitative estimate of drug-likeness (QED) is 0.459. The smallest absolute Gasteiger partial charge is 0.331 e. The Labute approximate surface area is 125 Å². The zero-order chi connectivity index (χ0) is 15.5. The van der Waals surface area contributed by atoms with E-state index in [1.165, 1.54) is 6.08 Å². The third kappa shape index (κ3) is 6.40. The second-order valence-corrected chi connectivity index (χ2v) is 4.60. The topological polar surface area (TPSA) is 61.1 Å². The van der Waals surface area contributed by atoms with Crippen molar-refractivity contribution in [3.63, 3.8) is 0 Å². The normalized spacial score (nSPS) is 12.4. The molecule has 0 saturated heterocycles. The number of unbranched alkanes of at least 4 members (excludes halogenated alkanes) is 1. The Morgan fingerprint density at radius 2 is 2.05 bits per heavy atom. The molecular weight excluding hydrogens is 262 g/mol. The minimum absolute atomic E-state index is 0.330. The maximum Gasteiger partial charge on any atom is 0.331 e. The summed E-state index contributed by atoms with van der Waals surface area (Å²) in [5.41, 5.74) is 1.92. The highest BCUT2D eigenvalue weighted by Gasteiger charge is 2.06. The van der Waals surface area contributed by atoms with Crippen molar-refractivity contribution < 1.29 is 9.90 Å². The van der Waals surface area contributed by atoms with Gasteiger partial charge >= 0.3 is 5.97 Å². The van der Waals surface area contributed by atoms with Crippen LogP contribution in [0.5, 0.6) is 0 Å². The largest absolute Gasteiger partial charge is 0.478 e. The van der Waals surface area contributed by atoms with Crippen LogP contribution in [-0.4, -0.2) is 11.1 Å². The molecule has 0 atom stereocenters. The van der Waals surface area contributed by atoms with Crippen molar-refractivity contribution in [1.82, 2.24) is 0 Å². The van der Waals surface area contributed by atoms with Gasteiger partial charge in [-0.1, -0.05) is 55.8 Å². The van der Waals surface area contributed by atoms with Gasteiger partial charge in [-0.25, -0.2) is 4.79 Å². The van der Waals surface area contributed by atoms with E-state index in [2.05, 4.69) is 0 Å². The molecule has 0 aliphatic rings. The summed E-state index contributed by atoms with van der Waals surface area (Å²) in [6, 6.07) is 11.6. The number of carboxylic acids is 1. The van der Waals surface area contributed by atoms with Crippen molar-refractivity contribution in [2.24, 2.45) is 0 Å². The minimum atomic E-state index is -0.930. The first-order valence-corrected chi connectivity index (χ1v) is 6.94. The fraction of sp³-hybridized carbons (Fsp3) is 0.222. The first-order chi connectivity index (χ1) is 10.2. The van der Waals surface area contributed by atoms with E-state index in [-0.39, 0.29) is 0 Å². The summed E-state index contributed by atoms with van der Waals surface area (Å²) >= 11 is 0. The van der Waals surface area contributed by atoms with Gasteiger partial charge < -0.3 is 5.11 Å². The molecule has 0 aromatic heterocycles. The van der Waals surface area contributed by atoms with Crippen molar-refractivity contribution in [3.05, 3.63) is 65.3 Å². The summed E-state index contributed by atoms with van der Waals surface area (Å²) in [4.78, 5) is 11.2. The Morgan fingerprint density at radius 3 is 2.62 bits per heavy atom. The third-order valence-corrected chi connectivity index (χ3v) is 2.91. The molecule has 1 rings (SSSR count). The predicted octanol–water partition coefficient (Wildman–Crippen LogP) is 4.35. The maximum atomic E-state index is 11.2. The zero-order valence-electron chi connectivity index (χ0n) is 12.1. The summed E-state index contributed by atoms with van der Waals surface area (Å²) in [5.74, 6) is -0.930. The Kier molecular flexibility index (Phi) is 7.31. The number of benzene rings is 1. The molecular formula is C18H19NO2. The van der Waals surface area contributed by atoms with Crippen LogP contribution >= 0.6 is 0 Å². The van der Waals surface area contributed by atoms with Crippen LogP contribution in [0.1, 0.15) is 31.7 Å². The van der Waals surface area contributed by atoms with Crippen LogP contribution in [0, 0.1) is 11.3 Å². The Morgan fingerprint density at radius 1 is 1.33 bits per heavy atom. The Bertz CT molecular complexity index is 589. The van der Waals surface area contributed by atoms with E-state index in [1.54, 1.807) is 12.2 Å². The molecule has 0 aliphatic heterocycles. The fourth-order valence-electron chi connectivity index (χ4n) is 1.78. The molecule has 3 nitrogen and oxygen atoms in total. The molecule has 1 aromatic carbocycles. The first-order valence-electron chi connectivity index (χ1n) is 6.94. The van der Waals surface area contributed by atoms with E-state index in [9.17, 15) is 9.90 Å². The van der Waals surface area contributed by atoms with Crippen molar-refractivity contribution in [3.8, 4) is 6.07 Å². The summed E-state index contributed by atoms with van der Waals surface area (Å²) in [5, 5.41) is 18.0. The standard InChI is InChI=1S/C18H19NO2/c1-2-3-9-17(18(20)21)14-16(12-13-19)11-10-15-7-5-4-6-8-15/h4-8,10-12,14H,2-3,9H2,1H3,(H,20,21). The Hall–Kier alpha value is -2.60. The molecule has 3 heteroatoms. The van der Waals surface area contributed by atoms with E-state index in [0.29, 0.717) is 17.6 Å². The van der Waals surface area contributed by atoms with Crippen LogP contribution in [0.25, 0.3) is 6.08 Å². The fourth-order valence-corrected chi connectivity index (χ4v) is 1.78. The van der Waals surface area contributed by atoms with E-state index < -0.39 is 5.97 Å². The van der Waals surface area contributed by atoms with Crippen molar-refractivity contribution in [2.45, 2.75) is 26.2 Å². The van der Waals surface area contributed by atoms with Gasteiger partial charge in [0.05, 0.1) is 6.07 Å². The van der Waals surface area contributed by atoms with Crippen molar-refractivity contribution >= 4 is 12.0 Å². The number of allylic oxidation sites excluding steroid dienone is 4. The second-order valence-electron chi connectivity index (χ2n) is 4.60. The van der Waals surface area contributed by atoms with Gasteiger partial charge in [-0.3, -0.25) is 0 Å². The first kappa shape index (κ1) is 16.5. The number of carbonyl (C=O) groups is 1. The monoisotopic (exact) mass is 281 g/mol. The lowest BCUT2D eigenvalue weighted by Crippen LogP contribution is -2.01. The average Bonchev–Trinajstić information content (AvgIpc) is 2.49. The van der Waals surface area contributed by atoms with E-state index >= 15 is 0 Å². The number of hydrogen-bond donors (Lipinski definition) is 1. The van der Waals surface area contributed by atoms with Crippen LogP contribution in [0.15, 0.2) is 59.7 Å². The number of rotatable bonds is 7. The van der Waals surface area contributed by atoms with E-state index in [4.69, 9.17) is 5.26 Å². The lowest BCUT2D eigenvalue weighted by molar-refractivity contribution is -0.132. The summed E-state index contributed by atoms with van der Waals surface area (Å²) in [6.45, 7) is 2.01. The highest BCUT2D eigenvalue weighted by Crippen LogP contribution is 2.13. The molecule has 0 bridgehead atoms. The number of aliphatic carboxylic acids is 1. The molecule has 1 N–H and O–H groups in total. The lowest BCUT2D eigenvalue weighted by Gasteiger charge is -2.01. The van der Waals surface area contributed by atoms with Crippen LogP contribution in [-0.2, 0) is 4.79 Å². The lowest BCUT2D eigenvalue weighted by atomic mass is 10.0. The van der Waals surface area contributed by atoms with Gasteiger partial charge in [0.15, 0.2) is 0 Å². The molecule has 0 fully saturated rings. The zero-order valence-corrected chi connectivity index (χ0v) is 12.1. The summed E-state index contributed by atoms with van der Waals surface area (Å²) in [7, 11) is 0. The van der Waals surface area contributed by atoms with Crippen LogP contribution < -0.4 is 0 Å².